The Labute approximate surface area is 176 Å². The summed E-state index contributed by atoms with van der Waals surface area (Å²) in [4.78, 5) is 29.1. The largest absolute Gasteiger partial charge is 0.355 e. The van der Waals surface area contributed by atoms with Gasteiger partial charge in [0, 0.05) is 48.6 Å². The van der Waals surface area contributed by atoms with Crippen LogP contribution in [-0.4, -0.2) is 27.7 Å². The second-order valence-corrected chi connectivity index (χ2v) is 7.16. The van der Waals surface area contributed by atoms with Crippen LogP contribution in [0.2, 0.25) is 0 Å². The highest BCUT2D eigenvalue weighted by molar-refractivity contribution is 5.95. The van der Waals surface area contributed by atoms with Crippen molar-refractivity contribution >= 4 is 5.91 Å². The number of amides is 1. The number of carbonyl (C=O) groups is 1. The topological polar surface area (TPSA) is 76.9 Å². The molecule has 2 aliphatic rings. The number of aryl methyl sites for hydroxylation is 2. The number of halogens is 2. The lowest BCUT2D eigenvalue weighted by Crippen LogP contribution is -2.18. The predicted octanol–water partition coefficient (Wildman–Crippen LogP) is 3.56. The van der Waals surface area contributed by atoms with Gasteiger partial charge in [0.05, 0.1) is 0 Å². The quantitative estimate of drug-likeness (QED) is 0.550. The van der Waals surface area contributed by atoms with Gasteiger partial charge in [-0.1, -0.05) is 6.07 Å². The van der Waals surface area contributed by atoms with Crippen molar-refractivity contribution in [3.05, 3.63) is 81.8 Å². The highest BCUT2D eigenvalue weighted by Gasteiger charge is 2.21. The summed E-state index contributed by atoms with van der Waals surface area (Å²) in [6.45, 7) is 1.83. The highest BCUT2D eigenvalue weighted by Crippen LogP contribution is 2.33. The third-order valence-corrected chi connectivity index (χ3v) is 5.03. The van der Waals surface area contributed by atoms with Gasteiger partial charge in [0.15, 0.2) is 0 Å². The lowest BCUT2D eigenvalue weighted by Gasteiger charge is -2.15. The van der Waals surface area contributed by atoms with Gasteiger partial charge in [-0.2, -0.15) is 5.10 Å². The van der Waals surface area contributed by atoms with Gasteiger partial charge in [-0.05, 0) is 48.4 Å². The minimum atomic E-state index is -0.799. The summed E-state index contributed by atoms with van der Waals surface area (Å²) < 4.78 is 29.2. The smallest absolute Gasteiger partial charge is 0.278 e. The molecule has 156 valence electrons. The molecular formula is C23H18F2N4O2. The van der Waals surface area contributed by atoms with E-state index in [1.54, 1.807) is 37.5 Å². The maximum atomic E-state index is 14.4. The predicted molar refractivity (Wildman–Crippen MR) is 113 cm³/mol. The molecule has 0 unspecified atom stereocenters. The van der Waals surface area contributed by atoms with Crippen molar-refractivity contribution in [3.63, 3.8) is 0 Å². The molecule has 2 aromatic carbocycles. The Bertz CT molecular complexity index is 1360. The highest BCUT2D eigenvalue weighted by atomic mass is 19.1. The SMILES string of the molecule is CNC(=O)c1ccc(C)c(-c2cc3cn(C)nc(-c4ccc(F)cc4F)c-3nc2=O)c1. The van der Waals surface area contributed by atoms with Gasteiger partial charge in [0.1, 0.15) is 23.0 Å². The van der Waals surface area contributed by atoms with Crippen LogP contribution in [0, 0.1) is 18.6 Å². The van der Waals surface area contributed by atoms with E-state index < -0.39 is 17.2 Å². The summed E-state index contributed by atoms with van der Waals surface area (Å²) in [6, 6.07) is 9.87. The summed E-state index contributed by atoms with van der Waals surface area (Å²) in [5.74, 6) is -1.78. The molecule has 1 N–H and O–H groups in total. The minimum absolute atomic E-state index is 0.0417. The molecule has 0 aliphatic carbocycles. The fourth-order valence-corrected chi connectivity index (χ4v) is 3.49. The van der Waals surface area contributed by atoms with Gasteiger partial charge >= 0.3 is 0 Å². The molecule has 1 amide bonds. The van der Waals surface area contributed by atoms with Crippen LogP contribution in [0.15, 0.2) is 53.5 Å². The Hall–Kier alpha value is -3.94. The fourth-order valence-electron chi connectivity index (χ4n) is 3.49. The van der Waals surface area contributed by atoms with Crippen molar-refractivity contribution in [1.29, 1.82) is 0 Å². The molecular weight excluding hydrogens is 402 g/mol. The van der Waals surface area contributed by atoms with Crippen molar-refractivity contribution in [2.45, 2.75) is 6.92 Å². The number of hydrogen-bond donors (Lipinski definition) is 1. The Morgan fingerprint density at radius 3 is 2.48 bits per heavy atom. The first-order chi connectivity index (χ1) is 14.8. The number of carbonyl (C=O) groups excluding carboxylic acids is 1. The van der Waals surface area contributed by atoms with E-state index in [1.807, 2.05) is 6.92 Å². The normalized spacial score (nSPS) is 11.0. The summed E-state index contributed by atoms with van der Waals surface area (Å²) in [5.41, 5.74) is 2.50. The second-order valence-electron chi connectivity index (χ2n) is 7.16. The first kappa shape index (κ1) is 20.3. The standard InChI is InChI=1S/C23H18F2N4O2/c1-12-4-5-13(22(30)26-2)8-17(12)18-9-14-11-29(3)28-21(20(14)27-23(18)31)16-7-6-15(24)10-19(16)25/h4-11H,1-3H3,(H,26,30). The number of nitrogens with zero attached hydrogens (tertiary/aromatic N) is 3. The summed E-state index contributed by atoms with van der Waals surface area (Å²) in [6.07, 6.45) is 1.66. The number of aromatic nitrogens is 3. The Kier molecular flexibility index (Phi) is 5.06. The van der Waals surface area contributed by atoms with Crippen LogP contribution in [0.5, 0.6) is 0 Å². The summed E-state index contributed by atoms with van der Waals surface area (Å²) >= 11 is 0. The zero-order valence-corrected chi connectivity index (χ0v) is 17.0. The van der Waals surface area contributed by atoms with E-state index in [0.717, 1.165) is 17.7 Å². The van der Waals surface area contributed by atoms with Crippen LogP contribution in [-0.2, 0) is 7.05 Å². The van der Waals surface area contributed by atoms with Gasteiger partial charge in [-0.25, -0.2) is 13.8 Å². The van der Waals surface area contributed by atoms with Crippen molar-refractivity contribution in [1.82, 2.24) is 20.1 Å². The first-order valence-electron chi connectivity index (χ1n) is 9.45. The van der Waals surface area contributed by atoms with E-state index in [-0.39, 0.29) is 22.9 Å². The van der Waals surface area contributed by atoms with Gasteiger partial charge in [-0.15, -0.1) is 0 Å². The zero-order valence-electron chi connectivity index (χ0n) is 17.0. The van der Waals surface area contributed by atoms with E-state index in [4.69, 9.17) is 0 Å². The molecule has 0 atom stereocenters. The van der Waals surface area contributed by atoms with E-state index in [0.29, 0.717) is 22.3 Å². The lowest BCUT2D eigenvalue weighted by molar-refractivity contribution is 0.0963. The maximum Gasteiger partial charge on any atom is 0.278 e. The average molecular weight is 420 g/mol. The van der Waals surface area contributed by atoms with Gasteiger partial charge in [-0.3, -0.25) is 14.3 Å². The number of nitrogens with one attached hydrogen (secondary N) is 1. The van der Waals surface area contributed by atoms with Gasteiger partial charge in [0.25, 0.3) is 11.5 Å². The molecule has 0 spiro atoms. The van der Waals surface area contributed by atoms with Crippen LogP contribution in [0.25, 0.3) is 33.6 Å². The van der Waals surface area contributed by atoms with Crippen molar-refractivity contribution in [2.75, 3.05) is 7.05 Å². The molecule has 2 aromatic rings. The first-order valence-corrected chi connectivity index (χ1v) is 9.45. The molecule has 4 rings (SSSR count). The molecule has 6 nitrogen and oxygen atoms in total. The molecule has 0 fully saturated rings. The number of pyridine rings is 1. The van der Waals surface area contributed by atoms with E-state index >= 15 is 0 Å². The third kappa shape index (κ3) is 3.68. The molecule has 0 saturated heterocycles. The molecule has 31 heavy (non-hydrogen) atoms. The van der Waals surface area contributed by atoms with Gasteiger partial charge < -0.3 is 5.32 Å². The van der Waals surface area contributed by atoms with E-state index in [1.165, 1.54) is 17.8 Å². The summed E-state index contributed by atoms with van der Waals surface area (Å²) in [5, 5.41) is 6.83. The summed E-state index contributed by atoms with van der Waals surface area (Å²) in [7, 11) is 3.19. The van der Waals surface area contributed by atoms with Crippen LogP contribution in [0.4, 0.5) is 8.78 Å². The number of fused-ring (bicyclic) bond motifs is 1. The zero-order chi connectivity index (χ0) is 22.3. The number of benzene rings is 2. The van der Waals surface area contributed by atoms with Crippen molar-refractivity contribution < 1.29 is 13.6 Å². The van der Waals surface area contributed by atoms with Gasteiger partial charge in [0.2, 0.25) is 0 Å². The molecule has 0 radical (unpaired) electrons. The fraction of sp³-hybridized carbons (Fsp3) is 0.130. The third-order valence-electron chi connectivity index (χ3n) is 5.03. The van der Waals surface area contributed by atoms with Crippen molar-refractivity contribution in [3.8, 4) is 33.6 Å². The Morgan fingerprint density at radius 1 is 1.00 bits per heavy atom. The minimum Gasteiger partial charge on any atom is -0.355 e. The molecule has 0 bridgehead atoms. The van der Waals surface area contributed by atoms with Crippen molar-refractivity contribution in [2.24, 2.45) is 7.05 Å². The monoisotopic (exact) mass is 420 g/mol. The molecule has 0 saturated carbocycles. The lowest BCUT2D eigenvalue weighted by atomic mass is 9.96. The number of rotatable bonds is 3. The molecule has 8 heteroatoms. The second kappa shape index (κ2) is 7.71. The Morgan fingerprint density at radius 2 is 1.77 bits per heavy atom. The van der Waals surface area contributed by atoms with E-state index in [9.17, 15) is 18.4 Å². The van der Waals surface area contributed by atoms with Crippen LogP contribution < -0.4 is 10.9 Å². The van der Waals surface area contributed by atoms with Crippen LogP contribution in [0.3, 0.4) is 0 Å². The molecule has 0 aromatic heterocycles. The Balaban J connectivity index is 1.96. The molecule has 2 heterocycles. The number of hydrogen-bond acceptors (Lipinski definition) is 4. The average Bonchev–Trinajstić information content (AvgIpc) is 2.73. The van der Waals surface area contributed by atoms with E-state index in [2.05, 4.69) is 15.4 Å². The van der Waals surface area contributed by atoms with Crippen LogP contribution >= 0.6 is 0 Å². The van der Waals surface area contributed by atoms with Crippen LogP contribution in [0.1, 0.15) is 15.9 Å². The molecule has 2 aliphatic heterocycles. The maximum absolute atomic E-state index is 14.4.